The average molecular weight is 291 g/mol. The van der Waals surface area contributed by atoms with Gasteiger partial charge in [-0.3, -0.25) is 9.78 Å². The van der Waals surface area contributed by atoms with E-state index in [1.165, 1.54) is 18.3 Å². The molecule has 0 saturated heterocycles. The van der Waals surface area contributed by atoms with Crippen molar-refractivity contribution in [3.8, 4) is 0 Å². The summed E-state index contributed by atoms with van der Waals surface area (Å²) in [5, 5.41) is 12.0. The number of aromatic nitrogens is 1. The first kappa shape index (κ1) is 14.0. The molecule has 20 heavy (non-hydrogen) atoms. The predicted octanol–water partition coefficient (Wildman–Crippen LogP) is 2.29. The normalized spacial score (nSPS) is 11.7. The van der Waals surface area contributed by atoms with Crippen molar-refractivity contribution >= 4 is 23.5 Å². The van der Waals surface area contributed by atoms with E-state index in [0.29, 0.717) is 10.6 Å². The second kappa shape index (κ2) is 6.16. The first-order valence-corrected chi connectivity index (χ1v) is 6.16. The minimum Gasteiger partial charge on any atom is -0.479 e. The molecule has 0 saturated carbocycles. The number of amides is 1. The zero-order valence-electron chi connectivity index (χ0n) is 10.3. The largest absolute Gasteiger partial charge is 0.479 e. The number of rotatable bonds is 4. The van der Waals surface area contributed by atoms with Crippen molar-refractivity contribution < 1.29 is 14.7 Å². The number of halogens is 1. The molecule has 0 aliphatic carbocycles. The summed E-state index contributed by atoms with van der Waals surface area (Å²) in [6.45, 7) is 0. The third-order valence-corrected chi connectivity index (χ3v) is 2.85. The van der Waals surface area contributed by atoms with E-state index in [1.54, 1.807) is 30.3 Å². The van der Waals surface area contributed by atoms with E-state index in [1.807, 2.05) is 0 Å². The van der Waals surface area contributed by atoms with E-state index in [9.17, 15) is 14.7 Å². The van der Waals surface area contributed by atoms with Gasteiger partial charge in [-0.05, 0) is 17.7 Å². The van der Waals surface area contributed by atoms with Crippen molar-refractivity contribution in [2.45, 2.75) is 6.04 Å². The zero-order valence-corrected chi connectivity index (χ0v) is 11.0. The number of carbonyl (C=O) groups excluding carboxylic acids is 1. The van der Waals surface area contributed by atoms with Crippen molar-refractivity contribution in [3.63, 3.8) is 0 Å². The minimum atomic E-state index is -1.15. The number of carboxylic acids is 1. The lowest BCUT2D eigenvalue weighted by Gasteiger charge is -2.14. The molecule has 0 fully saturated rings. The van der Waals surface area contributed by atoms with E-state index >= 15 is 0 Å². The number of carbonyl (C=O) groups is 2. The maximum atomic E-state index is 12.0. The fourth-order valence-corrected chi connectivity index (χ4v) is 1.83. The Labute approximate surface area is 120 Å². The third kappa shape index (κ3) is 3.33. The first-order valence-electron chi connectivity index (χ1n) is 5.78. The average Bonchev–Trinajstić information content (AvgIpc) is 2.45. The Hall–Kier alpha value is -2.40. The first-order chi connectivity index (χ1) is 9.58. The van der Waals surface area contributed by atoms with E-state index in [-0.39, 0.29) is 5.69 Å². The smallest absolute Gasteiger partial charge is 0.330 e. The van der Waals surface area contributed by atoms with Crippen LogP contribution in [0.5, 0.6) is 0 Å². The highest BCUT2D eigenvalue weighted by atomic mass is 35.5. The molecule has 2 rings (SSSR count). The van der Waals surface area contributed by atoms with Gasteiger partial charge < -0.3 is 10.4 Å². The number of carboxylic acid groups (broad SMARTS) is 1. The molecular formula is C14H11ClN2O3. The van der Waals surface area contributed by atoms with Gasteiger partial charge in [0.2, 0.25) is 0 Å². The van der Waals surface area contributed by atoms with Crippen LogP contribution in [0.3, 0.4) is 0 Å². The molecule has 1 amide bonds. The Morgan fingerprint density at radius 3 is 2.50 bits per heavy atom. The van der Waals surface area contributed by atoms with Gasteiger partial charge in [0.1, 0.15) is 5.69 Å². The van der Waals surface area contributed by atoms with Gasteiger partial charge in [-0.1, -0.05) is 41.9 Å². The molecule has 0 radical (unpaired) electrons. The zero-order chi connectivity index (χ0) is 14.5. The van der Waals surface area contributed by atoms with Crippen LogP contribution in [-0.2, 0) is 4.79 Å². The molecule has 2 aromatic rings. The number of hydrogen-bond acceptors (Lipinski definition) is 3. The van der Waals surface area contributed by atoms with E-state index in [2.05, 4.69) is 10.3 Å². The number of nitrogens with zero attached hydrogens (tertiary/aromatic N) is 1. The Morgan fingerprint density at radius 2 is 1.90 bits per heavy atom. The number of hydrogen-bond donors (Lipinski definition) is 2. The molecule has 1 atom stereocenters. The summed E-state index contributed by atoms with van der Waals surface area (Å²) in [6, 6.07) is 10.2. The van der Waals surface area contributed by atoms with Gasteiger partial charge in [0.05, 0.1) is 0 Å². The maximum Gasteiger partial charge on any atom is 0.330 e. The van der Waals surface area contributed by atoms with Crippen LogP contribution in [0.4, 0.5) is 0 Å². The summed E-state index contributed by atoms with van der Waals surface area (Å²) in [5.74, 6) is -1.74. The van der Waals surface area contributed by atoms with Crippen molar-refractivity contribution in [1.29, 1.82) is 0 Å². The van der Waals surface area contributed by atoms with Crippen LogP contribution in [0, 0.1) is 0 Å². The van der Waals surface area contributed by atoms with Crippen LogP contribution in [-0.4, -0.2) is 22.0 Å². The van der Waals surface area contributed by atoms with Crippen molar-refractivity contribution in [2.24, 2.45) is 0 Å². The van der Waals surface area contributed by atoms with Gasteiger partial charge in [0, 0.05) is 11.2 Å². The molecule has 102 valence electrons. The fourth-order valence-electron chi connectivity index (χ4n) is 1.67. The molecule has 0 spiro atoms. The molecule has 0 aliphatic heterocycles. The van der Waals surface area contributed by atoms with Crippen LogP contribution in [0.2, 0.25) is 5.02 Å². The Morgan fingerprint density at radius 1 is 1.20 bits per heavy atom. The SMILES string of the molecule is O=C(NC(C(=O)O)c1ccccc1)c1cc(Cl)ccn1. The third-order valence-electron chi connectivity index (χ3n) is 2.61. The van der Waals surface area contributed by atoms with Crippen LogP contribution in [0.15, 0.2) is 48.7 Å². The van der Waals surface area contributed by atoms with E-state index in [0.717, 1.165) is 0 Å². The van der Waals surface area contributed by atoms with Gasteiger partial charge in [-0.2, -0.15) is 0 Å². The van der Waals surface area contributed by atoms with E-state index in [4.69, 9.17) is 11.6 Å². The highest BCUT2D eigenvalue weighted by Crippen LogP contribution is 2.14. The van der Waals surface area contributed by atoms with Crippen LogP contribution in [0.1, 0.15) is 22.1 Å². The van der Waals surface area contributed by atoms with Crippen molar-refractivity contribution in [2.75, 3.05) is 0 Å². The monoisotopic (exact) mass is 290 g/mol. The summed E-state index contributed by atoms with van der Waals surface area (Å²) in [5.41, 5.74) is 0.551. The molecule has 1 aromatic carbocycles. The van der Waals surface area contributed by atoms with Gasteiger partial charge in [0.15, 0.2) is 6.04 Å². The molecule has 2 N–H and O–H groups in total. The quantitative estimate of drug-likeness (QED) is 0.905. The van der Waals surface area contributed by atoms with Gasteiger partial charge in [0.25, 0.3) is 5.91 Å². The molecule has 6 heteroatoms. The second-order valence-corrected chi connectivity index (χ2v) is 4.45. The summed E-state index contributed by atoms with van der Waals surface area (Å²) in [7, 11) is 0. The van der Waals surface area contributed by atoms with Gasteiger partial charge in [-0.25, -0.2) is 4.79 Å². The standard InChI is InChI=1S/C14H11ClN2O3/c15-10-6-7-16-11(8-10)13(18)17-12(14(19)20)9-4-2-1-3-5-9/h1-8,12H,(H,17,18)(H,19,20). The lowest BCUT2D eigenvalue weighted by Crippen LogP contribution is -2.34. The highest BCUT2D eigenvalue weighted by Gasteiger charge is 2.22. The molecular weight excluding hydrogens is 280 g/mol. The van der Waals surface area contributed by atoms with E-state index < -0.39 is 17.9 Å². The van der Waals surface area contributed by atoms with Crippen molar-refractivity contribution in [1.82, 2.24) is 10.3 Å². The van der Waals surface area contributed by atoms with Crippen molar-refractivity contribution in [3.05, 3.63) is 64.9 Å². The van der Waals surface area contributed by atoms with Crippen LogP contribution >= 0.6 is 11.6 Å². The fraction of sp³-hybridized carbons (Fsp3) is 0.0714. The second-order valence-electron chi connectivity index (χ2n) is 4.01. The molecule has 1 unspecified atom stereocenters. The van der Waals surface area contributed by atoms with Gasteiger partial charge >= 0.3 is 5.97 Å². The maximum absolute atomic E-state index is 12.0. The molecule has 0 aliphatic rings. The number of pyridine rings is 1. The summed E-state index contributed by atoms with van der Waals surface area (Å²) >= 11 is 5.77. The minimum absolute atomic E-state index is 0.0691. The Kier molecular flexibility index (Phi) is 4.32. The Balaban J connectivity index is 2.21. The molecule has 0 bridgehead atoms. The Bertz CT molecular complexity index is 631. The number of benzene rings is 1. The van der Waals surface area contributed by atoms with Crippen LogP contribution < -0.4 is 5.32 Å². The molecule has 1 heterocycles. The highest BCUT2D eigenvalue weighted by molar-refractivity contribution is 6.30. The van der Waals surface area contributed by atoms with Gasteiger partial charge in [-0.15, -0.1) is 0 Å². The predicted molar refractivity (Wildman–Crippen MR) is 73.5 cm³/mol. The number of nitrogens with one attached hydrogen (secondary N) is 1. The lowest BCUT2D eigenvalue weighted by atomic mass is 10.1. The summed E-state index contributed by atoms with van der Waals surface area (Å²) in [4.78, 5) is 27.1. The number of aliphatic carboxylic acids is 1. The molecule has 5 nitrogen and oxygen atoms in total. The molecule has 1 aromatic heterocycles. The van der Waals surface area contributed by atoms with Crippen LogP contribution in [0.25, 0.3) is 0 Å². The summed E-state index contributed by atoms with van der Waals surface area (Å²) in [6.07, 6.45) is 1.38. The topological polar surface area (TPSA) is 79.3 Å². The summed E-state index contributed by atoms with van der Waals surface area (Å²) < 4.78 is 0. The lowest BCUT2D eigenvalue weighted by molar-refractivity contribution is -0.139.